The lowest BCUT2D eigenvalue weighted by molar-refractivity contribution is -0.276. The number of rotatable bonds is 3. The van der Waals surface area contributed by atoms with Crippen molar-refractivity contribution >= 4 is 5.69 Å². The Bertz CT molecular complexity index is 356. The normalized spacial score (nSPS) is 11.3. The Labute approximate surface area is 89.1 Å². The van der Waals surface area contributed by atoms with Gasteiger partial charge >= 0.3 is 6.36 Å². The van der Waals surface area contributed by atoms with Crippen molar-refractivity contribution in [1.82, 2.24) is 4.98 Å². The molecule has 0 aromatic carbocycles. The smallest absolute Gasteiger partial charge is 0.479 e. The van der Waals surface area contributed by atoms with Gasteiger partial charge in [0.1, 0.15) is 0 Å². The van der Waals surface area contributed by atoms with E-state index in [0.717, 1.165) is 6.07 Å². The van der Waals surface area contributed by atoms with Crippen LogP contribution >= 0.6 is 0 Å². The van der Waals surface area contributed by atoms with E-state index < -0.39 is 12.2 Å². The van der Waals surface area contributed by atoms with E-state index in [0.29, 0.717) is 0 Å². The van der Waals surface area contributed by atoms with Gasteiger partial charge in [0.2, 0.25) is 11.8 Å². The van der Waals surface area contributed by atoms with Crippen molar-refractivity contribution in [1.29, 1.82) is 0 Å². The molecule has 0 fully saturated rings. The van der Waals surface area contributed by atoms with Gasteiger partial charge in [-0.05, 0) is 5.56 Å². The molecular formula is C8H10F3N3O2. The van der Waals surface area contributed by atoms with E-state index in [4.69, 9.17) is 16.2 Å². The molecule has 0 aliphatic heterocycles. The minimum absolute atomic E-state index is 0.0427. The Morgan fingerprint density at radius 3 is 2.50 bits per heavy atom. The molecule has 0 saturated heterocycles. The van der Waals surface area contributed by atoms with Crippen LogP contribution in [0.25, 0.3) is 0 Å². The fraction of sp³-hybridized carbons (Fsp3) is 0.375. The summed E-state index contributed by atoms with van der Waals surface area (Å²) in [6.07, 6.45) is -4.82. The number of hydrogen-bond acceptors (Lipinski definition) is 5. The molecule has 90 valence electrons. The number of ether oxygens (including phenoxy) is 2. The zero-order chi connectivity index (χ0) is 12.3. The third-order valence-corrected chi connectivity index (χ3v) is 1.72. The van der Waals surface area contributed by atoms with Crippen LogP contribution in [0.15, 0.2) is 6.07 Å². The van der Waals surface area contributed by atoms with Crippen molar-refractivity contribution in [3.8, 4) is 11.8 Å². The monoisotopic (exact) mass is 237 g/mol. The van der Waals surface area contributed by atoms with Gasteiger partial charge in [0.25, 0.3) is 0 Å². The van der Waals surface area contributed by atoms with Crippen molar-refractivity contribution < 1.29 is 22.6 Å². The third kappa shape index (κ3) is 2.89. The molecule has 0 bridgehead atoms. The maximum Gasteiger partial charge on any atom is 0.574 e. The van der Waals surface area contributed by atoms with Crippen LogP contribution in [-0.2, 0) is 6.54 Å². The number of halogens is 3. The van der Waals surface area contributed by atoms with E-state index in [-0.39, 0.29) is 23.7 Å². The van der Waals surface area contributed by atoms with Gasteiger partial charge in [-0.15, -0.1) is 13.2 Å². The highest BCUT2D eigenvalue weighted by atomic mass is 19.4. The van der Waals surface area contributed by atoms with Gasteiger partial charge in [-0.25, -0.2) is 0 Å². The Balaban J connectivity index is 3.12. The van der Waals surface area contributed by atoms with E-state index in [1.165, 1.54) is 7.11 Å². The predicted octanol–water partition coefficient (Wildman–Crippen LogP) is 1.03. The number of anilines is 1. The number of alkyl halides is 3. The molecule has 5 nitrogen and oxygen atoms in total. The van der Waals surface area contributed by atoms with Crippen molar-refractivity contribution in [3.63, 3.8) is 0 Å². The van der Waals surface area contributed by atoms with Gasteiger partial charge in [-0.2, -0.15) is 4.98 Å². The molecule has 0 spiro atoms. The molecule has 8 heteroatoms. The first kappa shape index (κ1) is 12.4. The molecule has 1 heterocycles. The molecule has 0 unspecified atom stereocenters. The number of hydrogen-bond donors (Lipinski definition) is 2. The average Bonchev–Trinajstić information content (AvgIpc) is 2.18. The predicted molar refractivity (Wildman–Crippen MR) is 49.8 cm³/mol. The highest BCUT2D eigenvalue weighted by Crippen LogP contribution is 2.29. The van der Waals surface area contributed by atoms with Crippen molar-refractivity contribution in [2.24, 2.45) is 5.73 Å². The van der Waals surface area contributed by atoms with Crippen molar-refractivity contribution in [2.45, 2.75) is 12.9 Å². The topological polar surface area (TPSA) is 83.4 Å². The molecule has 0 atom stereocenters. The van der Waals surface area contributed by atoms with Crippen LogP contribution in [0.3, 0.4) is 0 Å². The van der Waals surface area contributed by atoms with Gasteiger partial charge in [-0.1, -0.05) is 0 Å². The zero-order valence-electron chi connectivity index (χ0n) is 8.34. The molecular weight excluding hydrogens is 227 g/mol. The number of pyridine rings is 1. The summed E-state index contributed by atoms with van der Waals surface area (Å²) in [6.45, 7) is -0.0427. The molecule has 1 aromatic heterocycles. The maximum absolute atomic E-state index is 11.9. The van der Waals surface area contributed by atoms with Gasteiger partial charge in [0.15, 0.2) is 0 Å². The second-order valence-corrected chi connectivity index (χ2v) is 2.79. The Morgan fingerprint density at radius 1 is 1.44 bits per heavy atom. The summed E-state index contributed by atoms with van der Waals surface area (Å²) in [5.74, 6) is -0.804. The van der Waals surface area contributed by atoms with Gasteiger partial charge in [0.05, 0.1) is 12.8 Å². The first-order chi connectivity index (χ1) is 7.37. The molecule has 4 N–H and O–H groups in total. The standard InChI is InChI=1S/C8H10F3N3O2/c1-15-7-6(13)4(3-12)2-5(14-7)16-8(9,10)11/h2H,3,12-13H2,1H3. The average molecular weight is 237 g/mol. The molecule has 0 aliphatic carbocycles. The quantitative estimate of drug-likeness (QED) is 0.820. The Hall–Kier alpha value is -1.70. The SMILES string of the molecule is COc1nc(OC(F)(F)F)cc(CN)c1N. The second kappa shape index (κ2) is 4.44. The fourth-order valence-corrected chi connectivity index (χ4v) is 1.05. The summed E-state index contributed by atoms with van der Waals surface area (Å²) in [4.78, 5) is 3.44. The van der Waals surface area contributed by atoms with Gasteiger partial charge < -0.3 is 20.9 Å². The molecule has 1 rings (SSSR count). The molecule has 1 aromatic rings. The number of nitrogens with two attached hydrogens (primary N) is 2. The first-order valence-corrected chi connectivity index (χ1v) is 4.16. The van der Waals surface area contributed by atoms with E-state index in [1.807, 2.05) is 0 Å². The highest BCUT2D eigenvalue weighted by Gasteiger charge is 2.32. The number of nitrogen functional groups attached to an aromatic ring is 1. The summed E-state index contributed by atoms with van der Waals surface area (Å²) in [7, 11) is 1.23. The minimum Gasteiger partial charge on any atom is -0.479 e. The van der Waals surface area contributed by atoms with Gasteiger partial charge in [-0.3, -0.25) is 0 Å². The van der Waals surface area contributed by atoms with Crippen LogP contribution in [0.1, 0.15) is 5.56 Å². The third-order valence-electron chi connectivity index (χ3n) is 1.72. The highest BCUT2D eigenvalue weighted by molar-refractivity contribution is 5.56. The van der Waals surface area contributed by atoms with Crippen LogP contribution in [-0.4, -0.2) is 18.5 Å². The van der Waals surface area contributed by atoms with Crippen molar-refractivity contribution in [3.05, 3.63) is 11.6 Å². The van der Waals surface area contributed by atoms with Crippen LogP contribution in [0.5, 0.6) is 11.8 Å². The van der Waals surface area contributed by atoms with Crippen LogP contribution in [0.4, 0.5) is 18.9 Å². The van der Waals surface area contributed by atoms with E-state index in [2.05, 4.69) is 9.72 Å². The van der Waals surface area contributed by atoms with Crippen LogP contribution in [0.2, 0.25) is 0 Å². The molecule has 0 radical (unpaired) electrons. The molecule has 16 heavy (non-hydrogen) atoms. The van der Waals surface area contributed by atoms with Crippen LogP contribution < -0.4 is 20.9 Å². The summed E-state index contributed by atoms with van der Waals surface area (Å²) < 4.78 is 44.2. The van der Waals surface area contributed by atoms with Crippen LogP contribution in [0, 0.1) is 0 Å². The van der Waals surface area contributed by atoms with Crippen molar-refractivity contribution in [2.75, 3.05) is 12.8 Å². The Kier molecular flexibility index (Phi) is 3.43. The van der Waals surface area contributed by atoms with Gasteiger partial charge in [0, 0.05) is 12.6 Å². The maximum atomic E-state index is 11.9. The second-order valence-electron chi connectivity index (χ2n) is 2.79. The zero-order valence-corrected chi connectivity index (χ0v) is 8.34. The van der Waals surface area contributed by atoms with E-state index in [1.54, 1.807) is 0 Å². The number of aromatic nitrogens is 1. The summed E-state index contributed by atoms with van der Waals surface area (Å²) in [5, 5.41) is 0. The lowest BCUT2D eigenvalue weighted by atomic mass is 10.2. The lowest BCUT2D eigenvalue weighted by Crippen LogP contribution is -2.18. The first-order valence-electron chi connectivity index (χ1n) is 4.16. The number of nitrogens with zero attached hydrogens (tertiary/aromatic N) is 1. The lowest BCUT2D eigenvalue weighted by Gasteiger charge is -2.12. The summed E-state index contributed by atoms with van der Waals surface area (Å²) >= 11 is 0. The van der Waals surface area contributed by atoms with E-state index in [9.17, 15) is 13.2 Å². The summed E-state index contributed by atoms with van der Waals surface area (Å²) in [6, 6.07) is 1.02. The summed E-state index contributed by atoms with van der Waals surface area (Å²) in [5.41, 5.74) is 11.2. The van der Waals surface area contributed by atoms with E-state index >= 15 is 0 Å². The number of methoxy groups -OCH3 is 1. The fourth-order valence-electron chi connectivity index (χ4n) is 1.05. The largest absolute Gasteiger partial charge is 0.574 e. The molecule has 0 aliphatic rings. The Morgan fingerprint density at radius 2 is 2.06 bits per heavy atom. The molecule has 0 amide bonds. The molecule has 0 saturated carbocycles. The minimum atomic E-state index is -4.82.